The molecule has 1 N–H and O–H groups in total. The fourth-order valence-corrected chi connectivity index (χ4v) is 3.77. The molecule has 0 bridgehead atoms. The first-order valence-electron chi connectivity index (χ1n) is 8.86. The lowest BCUT2D eigenvalue weighted by Crippen LogP contribution is -2.52. The number of methoxy groups -OCH3 is 1. The topological polar surface area (TPSA) is 73.2 Å². The maximum Gasteiger partial charge on any atom is 0.331 e. The number of nitrogens with zero attached hydrogens (tertiary/aromatic N) is 2. The lowest BCUT2D eigenvalue weighted by Gasteiger charge is -2.26. The third kappa shape index (κ3) is 3.90. The van der Waals surface area contributed by atoms with Crippen LogP contribution in [0.5, 0.6) is 0 Å². The van der Waals surface area contributed by atoms with Crippen molar-refractivity contribution in [1.82, 2.24) is 15.1 Å². The van der Waals surface area contributed by atoms with Gasteiger partial charge < -0.3 is 10.1 Å². The van der Waals surface area contributed by atoms with Crippen molar-refractivity contribution >= 4 is 29.6 Å². The number of nitrogens with one attached hydrogen (secondary N) is 1. The number of ether oxygens (including phenoxy) is 1. The van der Waals surface area contributed by atoms with E-state index < -0.39 is 11.5 Å². The van der Waals surface area contributed by atoms with Gasteiger partial charge in [0.2, 0.25) is 5.91 Å². The van der Waals surface area contributed by atoms with E-state index in [2.05, 4.69) is 10.4 Å². The van der Waals surface area contributed by atoms with Gasteiger partial charge in [0.05, 0.1) is 18.5 Å². The predicted octanol–water partition coefficient (Wildman–Crippen LogP) is 3.45. The minimum absolute atomic E-state index is 0.356. The molecule has 1 aromatic carbocycles. The van der Waals surface area contributed by atoms with Crippen LogP contribution in [0.15, 0.2) is 36.4 Å². The molecule has 6 nitrogen and oxygen atoms in total. The number of carbonyl (C=O) groups excluding carboxylic acids is 2. The fraction of sp³-hybridized carbons (Fsp3) is 0.350. The van der Waals surface area contributed by atoms with Crippen LogP contribution >= 0.6 is 11.6 Å². The number of esters is 1. The SMILES string of the molecule is COC(=O)C1(NC(=O)/C=C/c2c(C)nn(-c3ccccc3)c2Cl)CCCC1. The highest BCUT2D eigenvalue weighted by Crippen LogP contribution is 2.31. The van der Waals surface area contributed by atoms with E-state index in [0.29, 0.717) is 29.3 Å². The summed E-state index contributed by atoms with van der Waals surface area (Å²) in [7, 11) is 1.34. The zero-order valence-corrected chi connectivity index (χ0v) is 16.1. The van der Waals surface area contributed by atoms with Gasteiger partial charge in [-0.15, -0.1) is 0 Å². The Bertz CT molecular complexity index is 868. The van der Waals surface area contributed by atoms with Gasteiger partial charge in [0.1, 0.15) is 10.7 Å². The van der Waals surface area contributed by atoms with Gasteiger partial charge in [-0.3, -0.25) is 4.79 Å². The molecule has 1 aromatic heterocycles. The van der Waals surface area contributed by atoms with Gasteiger partial charge in [0, 0.05) is 11.6 Å². The van der Waals surface area contributed by atoms with Crippen molar-refractivity contribution in [3.05, 3.63) is 52.8 Å². The molecular formula is C20H22ClN3O3. The van der Waals surface area contributed by atoms with E-state index in [1.807, 2.05) is 37.3 Å². The molecule has 0 radical (unpaired) electrons. The lowest BCUT2D eigenvalue weighted by atomic mass is 9.97. The van der Waals surface area contributed by atoms with Gasteiger partial charge in [-0.25, -0.2) is 9.48 Å². The lowest BCUT2D eigenvalue weighted by molar-refractivity contribution is -0.150. The van der Waals surface area contributed by atoms with E-state index in [4.69, 9.17) is 16.3 Å². The second-order valence-corrected chi connectivity index (χ2v) is 7.00. The highest BCUT2D eigenvalue weighted by Gasteiger charge is 2.43. The Labute approximate surface area is 163 Å². The summed E-state index contributed by atoms with van der Waals surface area (Å²) >= 11 is 6.46. The first-order chi connectivity index (χ1) is 13.0. The van der Waals surface area contributed by atoms with Crippen LogP contribution in [0.2, 0.25) is 5.15 Å². The zero-order chi connectivity index (χ0) is 19.4. The van der Waals surface area contributed by atoms with Gasteiger partial charge >= 0.3 is 5.97 Å². The van der Waals surface area contributed by atoms with Gasteiger partial charge in [-0.2, -0.15) is 5.10 Å². The normalized spacial score (nSPS) is 15.8. The summed E-state index contributed by atoms with van der Waals surface area (Å²) in [5.74, 6) is -0.752. The third-order valence-corrected chi connectivity index (χ3v) is 5.21. The van der Waals surface area contributed by atoms with E-state index in [0.717, 1.165) is 18.5 Å². The molecule has 0 spiro atoms. The third-order valence-electron chi connectivity index (χ3n) is 4.85. The van der Waals surface area contributed by atoms with Crippen molar-refractivity contribution in [2.75, 3.05) is 7.11 Å². The van der Waals surface area contributed by atoms with Crippen LogP contribution in [0.25, 0.3) is 11.8 Å². The minimum atomic E-state index is -0.927. The molecule has 0 aliphatic heterocycles. The number of benzene rings is 1. The molecule has 2 aromatic rings. The van der Waals surface area contributed by atoms with Crippen LogP contribution < -0.4 is 5.32 Å². The van der Waals surface area contributed by atoms with Crippen LogP contribution in [0.1, 0.15) is 36.9 Å². The van der Waals surface area contributed by atoms with E-state index >= 15 is 0 Å². The van der Waals surface area contributed by atoms with Gasteiger partial charge in [-0.05, 0) is 38.0 Å². The molecule has 1 aliphatic carbocycles. The molecule has 1 aliphatic rings. The summed E-state index contributed by atoms with van der Waals surface area (Å²) in [6.45, 7) is 1.83. The molecule has 0 saturated heterocycles. The Morgan fingerprint density at radius 3 is 2.56 bits per heavy atom. The summed E-state index contributed by atoms with van der Waals surface area (Å²) < 4.78 is 6.51. The average molecular weight is 388 g/mol. The first kappa shape index (κ1) is 19.2. The van der Waals surface area contributed by atoms with Crippen molar-refractivity contribution in [2.45, 2.75) is 38.1 Å². The molecule has 27 heavy (non-hydrogen) atoms. The number of rotatable bonds is 5. The Kier molecular flexibility index (Phi) is 5.65. The smallest absolute Gasteiger partial charge is 0.331 e. The van der Waals surface area contributed by atoms with Gasteiger partial charge in [-0.1, -0.05) is 42.6 Å². The van der Waals surface area contributed by atoms with Crippen LogP contribution in [-0.2, 0) is 14.3 Å². The number of carbonyl (C=O) groups is 2. The predicted molar refractivity (Wildman–Crippen MR) is 104 cm³/mol. The van der Waals surface area contributed by atoms with Crippen molar-refractivity contribution in [1.29, 1.82) is 0 Å². The van der Waals surface area contributed by atoms with Gasteiger partial charge in [0.15, 0.2) is 0 Å². The summed E-state index contributed by atoms with van der Waals surface area (Å²) in [5.41, 5.74) is 1.28. The maximum absolute atomic E-state index is 12.4. The monoisotopic (exact) mass is 387 g/mol. The second-order valence-electron chi connectivity index (χ2n) is 6.64. The summed E-state index contributed by atoms with van der Waals surface area (Å²) in [6, 6.07) is 9.52. The summed E-state index contributed by atoms with van der Waals surface area (Å²) in [4.78, 5) is 24.5. The average Bonchev–Trinajstić information content (AvgIpc) is 3.25. The maximum atomic E-state index is 12.4. The molecule has 0 atom stereocenters. The molecule has 1 saturated carbocycles. The number of aryl methyl sites for hydroxylation is 1. The second kappa shape index (κ2) is 7.96. The highest BCUT2D eigenvalue weighted by atomic mass is 35.5. The van der Waals surface area contributed by atoms with Crippen LogP contribution in [0.4, 0.5) is 0 Å². The summed E-state index contributed by atoms with van der Waals surface area (Å²) in [6.07, 6.45) is 5.95. The van der Waals surface area contributed by atoms with E-state index in [1.54, 1.807) is 10.8 Å². The van der Waals surface area contributed by atoms with Crippen LogP contribution in [0.3, 0.4) is 0 Å². The fourth-order valence-electron chi connectivity index (χ4n) is 3.43. The van der Waals surface area contributed by atoms with Crippen LogP contribution in [0, 0.1) is 6.92 Å². The largest absolute Gasteiger partial charge is 0.467 e. The Morgan fingerprint density at radius 1 is 1.26 bits per heavy atom. The molecule has 142 valence electrons. The Morgan fingerprint density at radius 2 is 1.93 bits per heavy atom. The van der Waals surface area contributed by atoms with Crippen molar-refractivity contribution < 1.29 is 14.3 Å². The molecule has 3 rings (SSSR count). The summed E-state index contributed by atoms with van der Waals surface area (Å²) in [5, 5.41) is 7.69. The quantitative estimate of drug-likeness (QED) is 0.630. The molecular weight excluding hydrogens is 366 g/mol. The zero-order valence-electron chi connectivity index (χ0n) is 15.4. The molecule has 1 fully saturated rings. The number of halogens is 1. The molecule has 1 amide bonds. The molecule has 7 heteroatoms. The van der Waals surface area contributed by atoms with Crippen LogP contribution in [-0.4, -0.2) is 34.3 Å². The number of aromatic nitrogens is 2. The van der Waals surface area contributed by atoms with E-state index in [-0.39, 0.29) is 5.91 Å². The highest BCUT2D eigenvalue weighted by molar-refractivity contribution is 6.31. The standard InChI is InChI=1S/C20H22ClN3O3/c1-14-16(18(21)24(23-14)15-8-4-3-5-9-15)10-11-17(25)22-20(19(26)27-2)12-6-7-13-20/h3-5,8-11H,6-7,12-13H2,1-2H3,(H,22,25)/b11-10+. The Balaban J connectivity index is 1.79. The number of amides is 1. The number of para-hydroxylation sites is 1. The van der Waals surface area contributed by atoms with Gasteiger partial charge in [0.25, 0.3) is 0 Å². The van der Waals surface area contributed by atoms with E-state index in [9.17, 15) is 9.59 Å². The number of hydrogen-bond donors (Lipinski definition) is 1. The van der Waals surface area contributed by atoms with Crippen molar-refractivity contribution in [3.63, 3.8) is 0 Å². The number of hydrogen-bond acceptors (Lipinski definition) is 4. The molecule has 0 unspecified atom stereocenters. The van der Waals surface area contributed by atoms with Crippen molar-refractivity contribution in [2.24, 2.45) is 0 Å². The van der Waals surface area contributed by atoms with E-state index in [1.165, 1.54) is 13.2 Å². The first-order valence-corrected chi connectivity index (χ1v) is 9.24. The van der Waals surface area contributed by atoms with Crippen molar-refractivity contribution in [3.8, 4) is 5.69 Å². The molecule has 1 heterocycles. The Hall–Kier alpha value is -2.60. The minimum Gasteiger partial charge on any atom is -0.467 e.